The van der Waals surface area contributed by atoms with Crippen molar-refractivity contribution >= 4 is 17.5 Å². The number of β-amino-alcohol motifs (C(OH)–C–C–N with tert-alkyl or cyclic N) is 1. The van der Waals surface area contributed by atoms with Gasteiger partial charge in [-0.15, -0.1) is 0 Å². The fraction of sp³-hybridized carbons (Fsp3) is 0.607. The second kappa shape index (κ2) is 9.76. The van der Waals surface area contributed by atoms with Crippen LogP contribution in [0.1, 0.15) is 45.2 Å². The lowest BCUT2D eigenvalue weighted by Crippen LogP contribution is -2.50. The molecule has 4 aliphatic rings. The lowest BCUT2D eigenvalue weighted by molar-refractivity contribution is -0.132. The largest absolute Gasteiger partial charge is 0.395 e. The molecule has 1 N–H and O–H groups in total. The van der Waals surface area contributed by atoms with Crippen molar-refractivity contribution in [2.24, 2.45) is 5.92 Å². The van der Waals surface area contributed by atoms with Gasteiger partial charge in [-0.1, -0.05) is 12.1 Å². The summed E-state index contributed by atoms with van der Waals surface area (Å²) in [6.07, 6.45) is 2.07. The molecule has 0 spiro atoms. The molecule has 3 fully saturated rings. The van der Waals surface area contributed by atoms with E-state index in [-0.39, 0.29) is 25.0 Å². The van der Waals surface area contributed by atoms with E-state index in [2.05, 4.69) is 41.8 Å². The fourth-order valence-corrected chi connectivity index (χ4v) is 6.45. The van der Waals surface area contributed by atoms with Crippen molar-refractivity contribution in [3.63, 3.8) is 0 Å². The van der Waals surface area contributed by atoms with E-state index in [4.69, 9.17) is 5.10 Å². The number of amides is 2. The van der Waals surface area contributed by atoms with Gasteiger partial charge in [-0.3, -0.25) is 19.2 Å². The molecular formula is C28H38N6O3. The molecule has 2 saturated heterocycles. The molecule has 198 valence electrons. The lowest BCUT2D eigenvalue weighted by Gasteiger charge is -2.37. The van der Waals surface area contributed by atoms with Gasteiger partial charge in [0.15, 0.2) is 5.69 Å². The molecule has 2 amide bonds. The molecule has 2 aliphatic heterocycles. The number of aromatic nitrogens is 2. The van der Waals surface area contributed by atoms with Gasteiger partial charge >= 0.3 is 0 Å². The Morgan fingerprint density at radius 3 is 2.46 bits per heavy atom. The van der Waals surface area contributed by atoms with Gasteiger partial charge < -0.3 is 19.8 Å². The summed E-state index contributed by atoms with van der Waals surface area (Å²) in [4.78, 5) is 35.2. The SMILES string of the molecule is Cc1cccc(N2CCN(C(=O)Cn3nc(C(=O)N4CCN(CCO)CC4)c4c3C[C@H]3C[C@@H]43)CC2)c1C. The second-order valence-electron chi connectivity index (χ2n) is 11.1. The molecular weight excluding hydrogens is 468 g/mol. The van der Waals surface area contributed by atoms with Crippen molar-refractivity contribution in [1.82, 2.24) is 24.5 Å². The van der Waals surface area contributed by atoms with E-state index in [0.29, 0.717) is 50.3 Å². The van der Waals surface area contributed by atoms with Gasteiger partial charge in [0.2, 0.25) is 5.91 Å². The lowest BCUT2D eigenvalue weighted by atomic mass is 10.1. The summed E-state index contributed by atoms with van der Waals surface area (Å²) >= 11 is 0. The summed E-state index contributed by atoms with van der Waals surface area (Å²) in [6.45, 7) is 11.2. The zero-order chi connectivity index (χ0) is 25.7. The standard InChI is InChI=1S/C28H38N6O3/c1-19-4-3-5-23(20(19)2)31-10-12-32(13-11-31)25(36)18-34-24-17-21-16-22(21)26(24)27(29-34)28(37)33-8-6-30(7-9-33)14-15-35/h3-5,21-22,35H,6-18H2,1-2H3/t21-,22-/m1/s1. The van der Waals surface area contributed by atoms with Crippen molar-refractivity contribution in [2.45, 2.75) is 39.2 Å². The van der Waals surface area contributed by atoms with Gasteiger partial charge in [0.25, 0.3) is 5.91 Å². The van der Waals surface area contributed by atoms with Crippen LogP contribution in [0.4, 0.5) is 5.69 Å². The van der Waals surface area contributed by atoms with E-state index < -0.39 is 0 Å². The van der Waals surface area contributed by atoms with Gasteiger partial charge in [0, 0.05) is 75.8 Å². The Bertz CT molecular complexity index is 1190. The predicted molar refractivity (Wildman–Crippen MR) is 141 cm³/mol. The molecule has 9 nitrogen and oxygen atoms in total. The third-order valence-electron chi connectivity index (χ3n) is 8.96. The maximum absolute atomic E-state index is 13.5. The van der Waals surface area contributed by atoms with Crippen LogP contribution in [0.25, 0.3) is 0 Å². The maximum atomic E-state index is 13.5. The Labute approximate surface area is 218 Å². The van der Waals surface area contributed by atoms with Gasteiger partial charge in [0.1, 0.15) is 6.54 Å². The highest BCUT2D eigenvalue weighted by atomic mass is 16.3. The first-order valence-electron chi connectivity index (χ1n) is 13.8. The number of aliphatic hydroxyl groups excluding tert-OH is 1. The minimum atomic E-state index is 0.000728. The van der Waals surface area contributed by atoms with Crippen LogP contribution in [-0.4, -0.2) is 107 Å². The van der Waals surface area contributed by atoms with Gasteiger partial charge in [-0.05, 0) is 55.7 Å². The van der Waals surface area contributed by atoms with Crippen molar-refractivity contribution < 1.29 is 14.7 Å². The van der Waals surface area contributed by atoms with Crippen molar-refractivity contribution in [3.8, 4) is 0 Å². The Balaban J connectivity index is 1.12. The highest BCUT2D eigenvalue weighted by Gasteiger charge is 2.50. The number of nitrogens with zero attached hydrogens (tertiary/aromatic N) is 6. The minimum Gasteiger partial charge on any atom is -0.395 e. The predicted octanol–water partition coefficient (Wildman–Crippen LogP) is 1.26. The Morgan fingerprint density at radius 2 is 1.73 bits per heavy atom. The zero-order valence-corrected chi connectivity index (χ0v) is 22.0. The van der Waals surface area contributed by atoms with Crippen LogP contribution in [0.5, 0.6) is 0 Å². The summed E-state index contributed by atoms with van der Waals surface area (Å²) in [5.41, 5.74) is 6.64. The van der Waals surface area contributed by atoms with Crippen LogP contribution < -0.4 is 4.90 Å². The fourth-order valence-electron chi connectivity index (χ4n) is 6.45. The number of fused-ring (bicyclic) bond motifs is 3. The molecule has 1 saturated carbocycles. The molecule has 1 aromatic carbocycles. The Kier molecular flexibility index (Phi) is 6.44. The number of piperazine rings is 2. The first-order chi connectivity index (χ1) is 17.9. The topological polar surface area (TPSA) is 85.2 Å². The molecule has 3 heterocycles. The average molecular weight is 507 g/mol. The molecule has 0 bridgehead atoms. The van der Waals surface area contributed by atoms with Gasteiger partial charge in [0.05, 0.1) is 6.61 Å². The molecule has 2 aliphatic carbocycles. The highest BCUT2D eigenvalue weighted by molar-refractivity contribution is 5.95. The minimum absolute atomic E-state index is 0.000728. The molecule has 37 heavy (non-hydrogen) atoms. The molecule has 1 aromatic heterocycles. The zero-order valence-electron chi connectivity index (χ0n) is 22.0. The number of benzene rings is 1. The second-order valence-corrected chi connectivity index (χ2v) is 11.1. The van der Waals surface area contributed by atoms with E-state index in [1.165, 1.54) is 16.8 Å². The van der Waals surface area contributed by atoms with E-state index in [0.717, 1.165) is 50.3 Å². The number of anilines is 1. The number of rotatable bonds is 6. The van der Waals surface area contributed by atoms with Crippen LogP contribution >= 0.6 is 0 Å². The first kappa shape index (κ1) is 24.4. The molecule has 0 radical (unpaired) electrons. The Morgan fingerprint density at radius 1 is 1.00 bits per heavy atom. The quantitative estimate of drug-likeness (QED) is 0.635. The van der Waals surface area contributed by atoms with Crippen LogP contribution in [0.2, 0.25) is 0 Å². The van der Waals surface area contributed by atoms with Crippen molar-refractivity contribution in [1.29, 1.82) is 0 Å². The van der Waals surface area contributed by atoms with E-state index in [1.807, 2.05) is 14.5 Å². The summed E-state index contributed by atoms with van der Waals surface area (Å²) in [5, 5.41) is 14.0. The summed E-state index contributed by atoms with van der Waals surface area (Å²) < 4.78 is 1.84. The van der Waals surface area contributed by atoms with Gasteiger partial charge in [-0.25, -0.2) is 0 Å². The van der Waals surface area contributed by atoms with E-state index in [1.54, 1.807) is 0 Å². The molecule has 2 aromatic rings. The van der Waals surface area contributed by atoms with E-state index in [9.17, 15) is 14.7 Å². The number of carbonyl (C=O) groups excluding carboxylic acids is 2. The number of carbonyl (C=O) groups is 2. The van der Waals surface area contributed by atoms with Crippen LogP contribution in [-0.2, 0) is 17.8 Å². The van der Waals surface area contributed by atoms with Gasteiger partial charge in [-0.2, -0.15) is 5.10 Å². The Hall–Kier alpha value is -2.91. The van der Waals surface area contributed by atoms with Crippen molar-refractivity contribution in [3.05, 3.63) is 46.3 Å². The third-order valence-corrected chi connectivity index (χ3v) is 8.96. The number of hydrogen-bond donors (Lipinski definition) is 1. The monoisotopic (exact) mass is 506 g/mol. The van der Waals surface area contributed by atoms with Crippen molar-refractivity contribution in [2.75, 3.05) is 70.4 Å². The highest BCUT2D eigenvalue weighted by Crippen LogP contribution is 2.57. The number of aliphatic hydroxyl groups is 1. The molecule has 6 rings (SSSR count). The number of hydrogen-bond acceptors (Lipinski definition) is 6. The van der Waals surface area contributed by atoms with Crippen LogP contribution in [0.3, 0.4) is 0 Å². The smallest absolute Gasteiger partial charge is 0.274 e. The summed E-state index contributed by atoms with van der Waals surface area (Å²) in [7, 11) is 0. The summed E-state index contributed by atoms with van der Waals surface area (Å²) in [5.74, 6) is 1.14. The van der Waals surface area contributed by atoms with Crippen LogP contribution in [0, 0.1) is 19.8 Å². The summed E-state index contributed by atoms with van der Waals surface area (Å²) in [6, 6.07) is 6.41. The third kappa shape index (κ3) is 4.52. The first-order valence-corrected chi connectivity index (χ1v) is 13.8. The molecule has 2 atom stereocenters. The number of aryl methyl sites for hydroxylation is 1. The van der Waals surface area contributed by atoms with Crippen LogP contribution in [0.15, 0.2) is 18.2 Å². The average Bonchev–Trinajstić information content (AvgIpc) is 3.44. The van der Waals surface area contributed by atoms with E-state index >= 15 is 0 Å². The molecule has 9 heteroatoms. The maximum Gasteiger partial charge on any atom is 0.274 e. The normalized spacial score (nSPS) is 23.3. The molecule has 0 unspecified atom stereocenters.